The first-order chi connectivity index (χ1) is 9.10. The Labute approximate surface area is 122 Å². The van der Waals surface area contributed by atoms with Crippen molar-refractivity contribution in [2.75, 3.05) is 6.54 Å². The smallest absolute Gasteiger partial charge is 0.261 e. The minimum absolute atomic E-state index is 0.0141. The normalized spacial score (nSPS) is 10.9. The molecule has 1 amide bonds. The van der Waals surface area contributed by atoms with Crippen LogP contribution in [-0.2, 0) is 4.79 Å². The number of rotatable bonds is 5. The number of carbonyl (C=O) groups excluding carboxylic acids is 1. The van der Waals surface area contributed by atoms with Gasteiger partial charge in [-0.15, -0.1) is 0 Å². The molecule has 0 aromatic heterocycles. The second kappa shape index (κ2) is 7.83. The third kappa shape index (κ3) is 4.59. The first-order valence-electron chi connectivity index (χ1n) is 5.94. The average Bonchev–Trinajstić information content (AvgIpc) is 2.40. The summed E-state index contributed by atoms with van der Waals surface area (Å²) in [5.41, 5.74) is 0.566. The summed E-state index contributed by atoms with van der Waals surface area (Å²) in [5, 5.41) is 12.4. The molecule has 0 atom stereocenters. The Balaban J connectivity index is 2.90. The monoisotopic (exact) mass is 296 g/mol. The quantitative estimate of drug-likeness (QED) is 0.510. The molecule has 0 radical (unpaired) electrons. The summed E-state index contributed by atoms with van der Waals surface area (Å²) >= 11 is 11.9. The van der Waals surface area contributed by atoms with Gasteiger partial charge in [-0.3, -0.25) is 4.79 Å². The van der Waals surface area contributed by atoms with Crippen LogP contribution in [0.1, 0.15) is 25.3 Å². The van der Waals surface area contributed by atoms with Crippen LogP contribution in [-0.4, -0.2) is 12.5 Å². The third-order valence-corrected chi connectivity index (χ3v) is 3.30. The van der Waals surface area contributed by atoms with Crippen molar-refractivity contribution in [3.63, 3.8) is 0 Å². The summed E-state index contributed by atoms with van der Waals surface area (Å²) in [6.07, 6.45) is 3.30. The highest BCUT2D eigenvalue weighted by Gasteiger charge is 2.10. The Morgan fingerprint density at radius 2 is 2.21 bits per heavy atom. The van der Waals surface area contributed by atoms with Gasteiger partial charge >= 0.3 is 0 Å². The molecule has 0 heterocycles. The highest BCUT2D eigenvalue weighted by atomic mass is 35.5. The van der Waals surface area contributed by atoms with Gasteiger partial charge in [-0.25, -0.2) is 0 Å². The van der Waals surface area contributed by atoms with Crippen molar-refractivity contribution < 1.29 is 4.79 Å². The molecule has 3 nitrogen and oxygen atoms in total. The van der Waals surface area contributed by atoms with Gasteiger partial charge in [-0.2, -0.15) is 5.26 Å². The molecule has 0 spiro atoms. The van der Waals surface area contributed by atoms with Crippen molar-refractivity contribution >= 4 is 35.2 Å². The van der Waals surface area contributed by atoms with Gasteiger partial charge < -0.3 is 5.32 Å². The molecule has 0 aliphatic carbocycles. The maximum atomic E-state index is 11.8. The summed E-state index contributed by atoms with van der Waals surface area (Å²) in [7, 11) is 0. The number of hydrogen-bond acceptors (Lipinski definition) is 2. The van der Waals surface area contributed by atoms with Gasteiger partial charge in [0.2, 0.25) is 0 Å². The molecule has 0 fully saturated rings. The van der Waals surface area contributed by atoms with Gasteiger partial charge in [-0.1, -0.05) is 48.7 Å². The predicted molar refractivity (Wildman–Crippen MR) is 78.0 cm³/mol. The number of carbonyl (C=O) groups is 1. The Morgan fingerprint density at radius 3 is 2.84 bits per heavy atom. The first kappa shape index (κ1) is 15.6. The van der Waals surface area contributed by atoms with Gasteiger partial charge in [0.25, 0.3) is 5.91 Å². The minimum Gasteiger partial charge on any atom is -0.351 e. The number of nitriles is 1. The third-order valence-electron chi connectivity index (χ3n) is 2.46. The summed E-state index contributed by atoms with van der Waals surface area (Å²) in [4.78, 5) is 11.8. The van der Waals surface area contributed by atoms with Crippen LogP contribution in [0.25, 0.3) is 6.08 Å². The fourth-order valence-electron chi connectivity index (χ4n) is 1.41. The molecule has 5 heteroatoms. The summed E-state index contributed by atoms with van der Waals surface area (Å²) in [6, 6.07) is 6.93. The number of halogens is 2. The Hall–Kier alpha value is -1.50. The lowest BCUT2D eigenvalue weighted by Crippen LogP contribution is -2.25. The van der Waals surface area contributed by atoms with Crippen molar-refractivity contribution in [1.29, 1.82) is 5.26 Å². The number of benzene rings is 1. The van der Waals surface area contributed by atoms with Crippen LogP contribution in [0, 0.1) is 11.3 Å². The second-order valence-electron chi connectivity index (χ2n) is 3.92. The van der Waals surface area contributed by atoms with E-state index in [0.717, 1.165) is 12.8 Å². The first-order valence-corrected chi connectivity index (χ1v) is 6.69. The zero-order chi connectivity index (χ0) is 14.3. The standard InChI is InChI=1S/C14H14Cl2N2O/c1-2-3-7-18-14(19)11(9-17)8-10-5-4-6-12(15)13(10)16/h4-6,8H,2-3,7H2,1H3,(H,18,19). The maximum absolute atomic E-state index is 11.8. The van der Waals surface area contributed by atoms with E-state index in [1.807, 2.05) is 13.0 Å². The molecule has 0 unspecified atom stereocenters. The number of nitrogens with one attached hydrogen (secondary N) is 1. The Kier molecular flexibility index (Phi) is 6.41. The Morgan fingerprint density at radius 1 is 1.47 bits per heavy atom. The van der Waals surface area contributed by atoms with Crippen LogP contribution in [0.2, 0.25) is 10.0 Å². The molecule has 0 aliphatic rings. The van der Waals surface area contributed by atoms with Gasteiger partial charge in [-0.05, 0) is 24.1 Å². The van der Waals surface area contributed by atoms with E-state index in [9.17, 15) is 4.79 Å². The number of hydrogen-bond donors (Lipinski definition) is 1. The molecule has 1 aromatic carbocycles. The van der Waals surface area contributed by atoms with E-state index in [1.165, 1.54) is 6.08 Å². The van der Waals surface area contributed by atoms with Crippen molar-refractivity contribution in [2.45, 2.75) is 19.8 Å². The number of unbranched alkanes of at least 4 members (excludes halogenated alkanes) is 1. The highest BCUT2D eigenvalue weighted by molar-refractivity contribution is 6.43. The second-order valence-corrected chi connectivity index (χ2v) is 4.71. The van der Waals surface area contributed by atoms with Crippen LogP contribution in [0.15, 0.2) is 23.8 Å². The van der Waals surface area contributed by atoms with Gasteiger partial charge in [0, 0.05) is 6.54 Å². The van der Waals surface area contributed by atoms with E-state index in [2.05, 4.69) is 5.32 Å². The topological polar surface area (TPSA) is 52.9 Å². The predicted octanol–water partition coefficient (Wildman–Crippen LogP) is 3.82. The van der Waals surface area contributed by atoms with Crippen LogP contribution in [0.5, 0.6) is 0 Å². The van der Waals surface area contributed by atoms with Gasteiger partial charge in [0.15, 0.2) is 0 Å². The van der Waals surface area contributed by atoms with Crippen LogP contribution >= 0.6 is 23.2 Å². The van der Waals surface area contributed by atoms with E-state index in [-0.39, 0.29) is 5.57 Å². The lowest BCUT2D eigenvalue weighted by molar-refractivity contribution is -0.117. The lowest BCUT2D eigenvalue weighted by atomic mass is 10.1. The van der Waals surface area contributed by atoms with Crippen molar-refractivity contribution in [3.8, 4) is 6.07 Å². The molecule has 0 saturated heterocycles. The van der Waals surface area contributed by atoms with Crippen LogP contribution in [0.3, 0.4) is 0 Å². The van der Waals surface area contributed by atoms with E-state index in [1.54, 1.807) is 18.2 Å². The number of amides is 1. The molecule has 0 saturated carbocycles. The van der Waals surface area contributed by atoms with E-state index in [4.69, 9.17) is 28.5 Å². The summed E-state index contributed by atoms with van der Waals surface area (Å²) in [6.45, 7) is 2.58. The van der Waals surface area contributed by atoms with Crippen molar-refractivity contribution in [3.05, 3.63) is 39.4 Å². The highest BCUT2D eigenvalue weighted by Crippen LogP contribution is 2.27. The van der Waals surface area contributed by atoms with Gasteiger partial charge in [0.05, 0.1) is 10.0 Å². The van der Waals surface area contributed by atoms with Gasteiger partial charge in [0.1, 0.15) is 11.6 Å². The van der Waals surface area contributed by atoms with E-state index >= 15 is 0 Å². The fourth-order valence-corrected chi connectivity index (χ4v) is 1.77. The molecule has 1 N–H and O–H groups in total. The van der Waals surface area contributed by atoms with Crippen molar-refractivity contribution in [2.24, 2.45) is 0 Å². The van der Waals surface area contributed by atoms with Crippen molar-refractivity contribution in [1.82, 2.24) is 5.32 Å². The van der Waals surface area contributed by atoms with Crippen LogP contribution < -0.4 is 5.32 Å². The largest absolute Gasteiger partial charge is 0.351 e. The zero-order valence-corrected chi connectivity index (χ0v) is 12.1. The molecule has 0 aliphatic heterocycles. The molecular formula is C14H14Cl2N2O. The van der Waals surface area contributed by atoms with E-state index < -0.39 is 5.91 Å². The summed E-state index contributed by atoms with van der Waals surface area (Å²) < 4.78 is 0. The van der Waals surface area contributed by atoms with E-state index in [0.29, 0.717) is 22.2 Å². The molecule has 0 bridgehead atoms. The zero-order valence-electron chi connectivity index (χ0n) is 10.5. The average molecular weight is 297 g/mol. The molecule has 1 aromatic rings. The fraction of sp³-hybridized carbons (Fsp3) is 0.286. The molecular weight excluding hydrogens is 283 g/mol. The Bertz CT molecular complexity index is 533. The number of nitrogens with zero attached hydrogens (tertiary/aromatic N) is 1. The lowest BCUT2D eigenvalue weighted by Gasteiger charge is -2.04. The molecule has 19 heavy (non-hydrogen) atoms. The van der Waals surface area contributed by atoms with Crippen LogP contribution in [0.4, 0.5) is 0 Å². The summed E-state index contributed by atoms with van der Waals surface area (Å²) in [5.74, 6) is -0.396. The SMILES string of the molecule is CCCCNC(=O)C(C#N)=Cc1cccc(Cl)c1Cl. The molecule has 100 valence electrons. The molecule has 1 rings (SSSR count). The maximum Gasteiger partial charge on any atom is 0.261 e. The minimum atomic E-state index is -0.396.